The third kappa shape index (κ3) is 2.87. The van der Waals surface area contributed by atoms with Crippen LogP contribution < -0.4 is 5.73 Å². The third-order valence-corrected chi connectivity index (χ3v) is 3.75. The number of halogens is 1. The highest BCUT2D eigenvalue weighted by atomic mass is 35.5. The van der Waals surface area contributed by atoms with Gasteiger partial charge in [-0.3, -0.25) is 5.41 Å². The predicted octanol–water partition coefficient (Wildman–Crippen LogP) is 3.54. The third-order valence-electron chi connectivity index (χ3n) is 3.42. The van der Waals surface area contributed by atoms with Crippen LogP contribution >= 0.6 is 11.6 Å². The Morgan fingerprint density at radius 3 is 2.77 bits per heavy atom. The van der Waals surface area contributed by atoms with E-state index in [4.69, 9.17) is 22.7 Å². The van der Waals surface area contributed by atoms with Crippen LogP contribution in [0.2, 0.25) is 5.02 Å². The minimum Gasteiger partial charge on any atom is -0.384 e. The fourth-order valence-electron chi connectivity index (χ4n) is 2.36. The molecule has 0 saturated carbocycles. The standard InChI is InChI=1S/C17H15ClN4/c18-15-7-2-1-6-14(15)17-21-8-9-22(17)11-12-4-3-5-13(10-12)16(19)20/h1-10H,11H2,(H3,19,20). The lowest BCUT2D eigenvalue weighted by molar-refractivity contribution is 0.807. The van der Waals surface area contributed by atoms with Crippen molar-refractivity contribution in [1.82, 2.24) is 9.55 Å². The molecule has 0 aliphatic rings. The Kier molecular flexibility index (Phi) is 3.94. The second kappa shape index (κ2) is 6.03. The first-order chi connectivity index (χ1) is 10.6. The number of aromatic nitrogens is 2. The van der Waals surface area contributed by atoms with Crippen molar-refractivity contribution in [3.05, 3.63) is 77.1 Å². The smallest absolute Gasteiger partial charge is 0.141 e. The second-order valence-corrected chi connectivity index (χ2v) is 5.38. The molecule has 1 heterocycles. The van der Waals surface area contributed by atoms with Crippen LogP contribution in [0.25, 0.3) is 11.4 Å². The second-order valence-electron chi connectivity index (χ2n) is 4.97. The Hall–Kier alpha value is -2.59. The van der Waals surface area contributed by atoms with Crippen molar-refractivity contribution in [1.29, 1.82) is 5.41 Å². The monoisotopic (exact) mass is 310 g/mol. The predicted molar refractivity (Wildman–Crippen MR) is 89.2 cm³/mol. The largest absolute Gasteiger partial charge is 0.384 e. The highest BCUT2D eigenvalue weighted by Gasteiger charge is 2.10. The van der Waals surface area contributed by atoms with Crippen molar-refractivity contribution in [2.45, 2.75) is 6.54 Å². The lowest BCUT2D eigenvalue weighted by Gasteiger charge is -2.10. The van der Waals surface area contributed by atoms with Gasteiger partial charge in [0.1, 0.15) is 11.7 Å². The van der Waals surface area contributed by atoms with Gasteiger partial charge in [-0.15, -0.1) is 0 Å². The van der Waals surface area contributed by atoms with Gasteiger partial charge >= 0.3 is 0 Å². The average Bonchev–Trinajstić information content (AvgIpc) is 2.96. The van der Waals surface area contributed by atoms with Crippen LogP contribution in [0.15, 0.2) is 60.9 Å². The molecular weight excluding hydrogens is 296 g/mol. The maximum atomic E-state index is 7.53. The van der Waals surface area contributed by atoms with Crippen LogP contribution in [0.4, 0.5) is 0 Å². The molecule has 0 spiro atoms. The molecule has 110 valence electrons. The zero-order chi connectivity index (χ0) is 15.5. The molecule has 0 atom stereocenters. The topological polar surface area (TPSA) is 67.7 Å². The average molecular weight is 311 g/mol. The summed E-state index contributed by atoms with van der Waals surface area (Å²) in [6, 6.07) is 15.3. The van der Waals surface area contributed by atoms with E-state index in [1.807, 2.05) is 59.3 Å². The van der Waals surface area contributed by atoms with Gasteiger partial charge in [-0.25, -0.2) is 4.98 Å². The van der Waals surface area contributed by atoms with E-state index < -0.39 is 0 Å². The van der Waals surface area contributed by atoms with E-state index in [1.54, 1.807) is 6.20 Å². The van der Waals surface area contributed by atoms with E-state index in [2.05, 4.69) is 4.98 Å². The zero-order valence-corrected chi connectivity index (χ0v) is 12.6. The minimum absolute atomic E-state index is 0.0683. The first-order valence-corrected chi connectivity index (χ1v) is 7.22. The van der Waals surface area contributed by atoms with Crippen molar-refractivity contribution in [3.63, 3.8) is 0 Å². The van der Waals surface area contributed by atoms with Gasteiger partial charge in [-0.2, -0.15) is 0 Å². The van der Waals surface area contributed by atoms with Crippen LogP contribution in [0.5, 0.6) is 0 Å². The molecule has 5 heteroatoms. The quantitative estimate of drug-likeness (QED) is 0.571. The van der Waals surface area contributed by atoms with Crippen molar-refractivity contribution in [2.24, 2.45) is 5.73 Å². The summed E-state index contributed by atoms with van der Waals surface area (Å²) in [5.74, 6) is 0.887. The highest BCUT2D eigenvalue weighted by Crippen LogP contribution is 2.26. The Labute approximate surface area is 133 Å². The molecule has 1 aromatic heterocycles. The first kappa shape index (κ1) is 14.4. The molecule has 0 aliphatic carbocycles. The number of rotatable bonds is 4. The number of imidazole rings is 1. The van der Waals surface area contributed by atoms with E-state index in [0.29, 0.717) is 11.6 Å². The molecule has 0 saturated heterocycles. The van der Waals surface area contributed by atoms with Crippen LogP contribution in [0, 0.1) is 5.41 Å². The van der Waals surface area contributed by atoms with Gasteiger partial charge in [-0.05, 0) is 23.8 Å². The van der Waals surface area contributed by atoms with E-state index in [-0.39, 0.29) is 5.84 Å². The molecule has 3 rings (SSSR count). The summed E-state index contributed by atoms with van der Waals surface area (Å²) in [6.45, 7) is 0.641. The minimum atomic E-state index is 0.0683. The molecular formula is C17H15ClN4. The van der Waals surface area contributed by atoms with Crippen molar-refractivity contribution >= 4 is 17.4 Å². The molecule has 3 aromatic rings. The lowest BCUT2D eigenvalue weighted by atomic mass is 10.1. The summed E-state index contributed by atoms with van der Waals surface area (Å²) in [4.78, 5) is 4.41. The van der Waals surface area contributed by atoms with Gasteiger partial charge in [-0.1, -0.05) is 41.9 Å². The van der Waals surface area contributed by atoms with E-state index in [0.717, 1.165) is 22.5 Å². The van der Waals surface area contributed by atoms with Gasteiger partial charge in [0, 0.05) is 30.1 Å². The summed E-state index contributed by atoms with van der Waals surface area (Å²) in [6.07, 6.45) is 3.67. The van der Waals surface area contributed by atoms with Gasteiger partial charge in [0.05, 0.1) is 5.02 Å². The Morgan fingerprint density at radius 1 is 1.18 bits per heavy atom. The fraction of sp³-hybridized carbons (Fsp3) is 0.0588. The first-order valence-electron chi connectivity index (χ1n) is 6.84. The van der Waals surface area contributed by atoms with Crippen LogP contribution in [0.1, 0.15) is 11.1 Å². The number of amidine groups is 1. The number of nitrogens with one attached hydrogen (secondary N) is 1. The van der Waals surface area contributed by atoms with E-state index in [9.17, 15) is 0 Å². The Morgan fingerprint density at radius 2 is 2.00 bits per heavy atom. The number of hydrogen-bond acceptors (Lipinski definition) is 2. The van der Waals surface area contributed by atoms with Crippen LogP contribution in [-0.2, 0) is 6.54 Å². The number of benzene rings is 2. The maximum absolute atomic E-state index is 7.53. The summed E-state index contributed by atoms with van der Waals surface area (Å²) in [5, 5.41) is 8.20. The molecule has 0 bridgehead atoms. The van der Waals surface area contributed by atoms with Crippen molar-refractivity contribution in [2.75, 3.05) is 0 Å². The number of hydrogen-bond donors (Lipinski definition) is 2. The molecule has 0 amide bonds. The molecule has 0 unspecified atom stereocenters. The van der Waals surface area contributed by atoms with E-state index in [1.165, 1.54) is 0 Å². The lowest BCUT2D eigenvalue weighted by Crippen LogP contribution is -2.11. The summed E-state index contributed by atoms with van der Waals surface area (Å²) in [7, 11) is 0. The molecule has 0 aliphatic heterocycles. The normalized spacial score (nSPS) is 10.6. The van der Waals surface area contributed by atoms with Gasteiger partial charge in [0.15, 0.2) is 0 Å². The Balaban J connectivity index is 1.95. The van der Waals surface area contributed by atoms with Gasteiger partial charge in [0.2, 0.25) is 0 Å². The summed E-state index contributed by atoms with van der Waals surface area (Å²) < 4.78 is 2.03. The molecule has 0 radical (unpaired) electrons. The fourth-order valence-corrected chi connectivity index (χ4v) is 2.58. The van der Waals surface area contributed by atoms with Crippen LogP contribution in [0.3, 0.4) is 0 Å². The summed E-state index contributed by atoms with van der Waals surface area (Å²) >= 11 is 6.26. The van der Waals surface area contributed by atoms with Gasteiger partial charge < -0.3 is 10.3 Å². The molecule has 0 fully saturated rings. The van der Waals surface area contributed by atoms with Crippen LogP contribution in [-0.4, -0.2) is 15.4 Å². The van der Waals surface area contributed by atoms with Crippen molar-refractivity contribution < 1.29 is 0 Å². The highest BCUT2D eigenvalue weighted by molar-refractivity contribution is 6.33. The van der Waals surface area contributed by atoms with Gasteiger partial charge in [0.25, 0.3) is 0 Å². The summed E-state index contributed by atoms with van der Waals surface area (Å²) in [5.41, 5.74) is 8.22. The molecule has 4 nitrogen and oxygen atoms in total. The molecule has 3 N–H and O–H groups in total. The van der Waals surface area contributed by atoms with E-state index >= 15 is 0 Å². The SMILES string of the molecule is N=C(N)c1cccc(Cn2ccnc2-c2ccccc2Cl)c1. The number of nitrogens with two attached hydrogens (primary N) is 1. The zero-order valence-electron chi connectivity index (χ0n) is 11.8. The Bertz CT molecular complexity index is 823. The number of nitrogens with zero attached hydrogens (tertiary/aromatic N) is 2. The van der Waals surface area contributed by atoms with Crippen molar-refractivity contribution in [3.8, 4) is 11.4 Å². The molecule has 22 heavy (non-hydrogen) atoms. The maximum Gasteiger partial charge on any atom is 0.141 e. The molecule has 2 aromatic carbocycles. The number of nitrogen functional groups attached to an aromatic ring is 1.